The number of carboxylic acids is 1. The van der Waals surface area contributed by atoms with Crippen molar-refractivity contribution >= 4 is 76.4 Å². The topological polar surface area (TPSA) is 148 Å². The molecule has 6 heterocycles. The van der Waals surface area contributed by atoms with Crippen LogP contribution in [0.15, 0.2) is 12.2 Å². The lowest BCUT2D eigenvalue weighted by Gasteiger charge is -2.64. The number of rotatable bonds is 19. The number of carbonyl (C=O) groups is 1. The predicted molar refractivity (Wildman–Crippen MR) is 227 cm³/mol. The van der Waals surface area contributed by atoms with Gasteiger partial charge in [-0.3, -0.25) is 0 Å². The highest BCUT2D eigenvalue weighted by Crippen LogP contribution is 2.56. The largest absolute Gasteiger partial charge is 0.479 e. The smallest absolute Gasteiger partial charge is 0.478 e. The molecule has 0 radical (unpaired) electrons. The maximum absolute atomic E-state index is 12.0. The summed E-state index contributed by atoms with van der Waals surface area (Å²) in [7, 11) is -32.0. The molecule has 324 valence electrons. The van der Waals surface area contributed by atoms with Gasteiger partial charge in [-0.05, 0) is 54.3 Å². The van der Waals surface area contributed by atoms with Crippen LogP contribution in [-0.4, -0.2) is 81.5 Å². The standard InChI is InChI=1S/C34H72O14Si8/c1-26(2)19-50-37-49(18-16-17-33(15)34(35)36)38-51(20-27(3)4)42-53(40-50,22-29(7)8)46-56(25-32(13)14)47-54(41-50,23-30(9)10)43-52(39-49,21-28(5)6)45-55(44-51,48-56)24-31(11)12/h26-32H,15-25H2,1-14H3,(H,35,36). The summed E-state index contributed by atoms with van der Waals surface area (Å²) in [5.41, 5.74) is 0.0919. The van der Waals surface area contributed by atoms with Crippen molar-refractivity contribution in [1.82, 2.24) is 0 Å². The molecule has 6 rings (SSSR count). The first-order valence-electron chi connectivity index (χ1n) is 21.1. The van der Waals surface area contributed by atoms with Gasteiger partial charge in [-0.15, -0.1) is 0 Å². The minimum absolute atomic E-state index is 0.0543. The van der Waals surface area contributed by atoms with E-state index in [0.717, 1.165) is 0 Å². The van der Waals surface area contributed by atoms with Crippen LogP contribution in [0.25, 0.3) is 0 Å². The summed E-state index contributed by atoms with van der Waals surface area (Å²) < 4.78 is 92.6. The fourth-order valence-electron chi connectivity index (χ4n) is 8.50. The van der Waals surface area contributed by atoms with E-state index in [1.165, 1.54) is 0 Å². The molecule has 6 aliphatic rings. The normalized spacial score (nSPS) is 39.6. The summed E-state index contributed by atoms with van der Waals surface area (Å²) in [6.45, 7) is 33.6. The molecule has 22 heteroatoms. The predicted octanol–water partition coefficient (Wildman–Crippen LogP) is 8.78. The van der Waals surface area contributed by atoms with Gasteiger partial charge >= 0.3 is 76.4 Å². The third-order valence-corrected chi connectivity index (χ3v) is 49.6. The molecule has 0 aromatic carbocycles. The Morgan fingerprint density at radius 3 is 0.732 bits per heavy atom. The van der Waals surface area contributed by atoms with Crippen molar-refractivity contribution in [3.8, 4) is 0 Å². The van der Waals surface area contributed by atoms with Crippen LogP contribution in [0.1, 0.15) is 110 Å². The highest BCUT2D eigenvalue weighted by Gasteiger charge is 2.83. The highest BCUT2D eigenvalue weighted by molar-refractivity contribution is 7.03. The summed E-state index contributed by atoms with van der Waals surface area (Å²) in [5, 5.41) is 9.81. The van der Waals surface area contributed by atoms with Gasteiger partial charge in [-0.2, -0.15) is 0 Å². The molecule has 0 aromatic heterocycles. The number of hydrogen-bond acceptors (Lipinski definition) is 13. The number of hydrogen-bond donors (Lipinski definition) is 1. The maximum atomic E-state index is 12.0. The van der Waals surface area contributed by atoms with Gasteiger partial charge in [0, 0.05) is 53.9 Å². The Labute approximate surface area is 345 Å². The molecule has 6 aliphatic heterocycles. The molecule has 1 N–H and O–H groups in total. The van der Waals surface area contributed by atoms with E-state index in [9.17, 15) is 9.90 Å². The van der Waals surface area contributed by atoms with Crippen LogP contribution < -0.4 is 0 Å². The highest BCUT2D eigenvalue weighted by atomic mass is 28.6. The van der Waals surface area contributed by atoms with Gasteiger partial charge in [-0.25, -0.2) is 4.79 Å². The first-order valence-corrected chi connectivity index (χ1v) is 36.5. The fourth-order valence-corrected chi connectivity index (χ4v) is 60.1. The van der Waals surface area contributed by atoms with Crippen molar-refractivity contribution in [2.24, 2.45) is 41.4 Å². The second-order valence-electron chi connectivity index (χ2n) is 19.6. The van der Waals surface area contributed by atoms with Crippen LogP contribution in [0.2, 0.25) is 48.4 Å². The zero-order valence-corrected chi connectivity index (χ0v) is 44.6. The molecule has 0 saturated carbocycles. The molecule has 0 aromatic rings. The van der Waals surface area contributed by atoms with Crippen molar-refractivity contribution in [2.45, 2.75) is 158 Å². The van der Waals surface area contributed by atoms with E-state index in [0.29, 0.717) is 48.7 Å². The van der Waals surface area contributed by atoms with E-state index >= 15 is 0 Å². The van der Waals surface area contributed by atoms with Crippen molar-refractivity contribution in [2.75, 3.05) is 0 Å². The van der Waals surface area contributed by atoms with E-state index < -0.39 is 76.4 Å². The molecular formula is C34H72O14Si8. The van der Waals surface area contributed by atoms with Crippen LogP contribution >= 0.6 is 0 Å². The van der Waals surface area contributed by atoms with Crippen LogP contribution in [0, 0.1) is 41.4 Å². The molecule has 0 unspecified atom stereocenters. The maximum Gasteiger partial charge on any atom is 0.479 e. The first-order chi connectivity index (χ1) is 25.7. The minimum atomic E-state index is -4.12. The SMILES string of the molecule is C=C(CCC[Si]12O[Si]3(CC(C)C)O[Si]4(CC(C)C)O[Si](CC(C)C)(O1)O[Si]1(CC(C)C)O[Si](CC(C)C)(O2)O[Si](CC(C)C)(O3)O[Si](CC(C)C)(O4)O1)C(=O)O. The van der Waals surface area contributed by atoms with Gasteiger partial charge in [0.25, 0.3) is 0 Å². The van der Waals surface area contributed by atoms with E-state index in [2.05, 4.69) is 104 Å². The third-order valence-electron chi connectivity index (χ3n) is 9.60. The van der Waals surface area contributed by atoms with Gasteiger partial charge in [-0.1, -0.05) is 104 Å². The summed E-state index contributed by atoms with van der Waals surface area (Å²) >= 11 is 0. The third kappa shape index (κ3) is 11.1. The molecule has 0 atom stereocenters. The lowest BCUT2D eigenvalue weighted by molar-refractivity contribution is -0.132. The van der Waals surface area contributed by atoms with Crippen LogP contribution in [0.3, 0.4) is 0 Å². The lowest BCUT2D eigenvalue weighted by atomic mass is 10.2. The second kappa shape index (κ2) is 17.3. The Morgan fingerprint density at radius 2 is 0.571 bits per heavy atom. The van der Waals surface area contributed by atoms with Crippen molar-refractivity contribution in [3.63, 3.8) is 0 Å². The molecule has 14 nitrogen and oxygen atoms in total. The van der Waals surface area contributed by atoms with Crippen LogP contribution in [0.4, 0.5) is 0 Å². The van der Waals surface area contributed by atoms with Gasteiger partial charge < -0.3 is 54.5 Å². The molecular weight excluding hydrogens is 857 g/mol. The summed E-state index contributed by atoms with van der Waals surface area (Å²) in [6, 6.07) is 3.19. The molecule has 6 fully saturated rings. The lowest BCUT2D eigenvalue weighted by Crippen LogP contribution is -2.88. The molecule has 0 amide bonds. The zero-order valence-electron chi connectivity index (χ0n) is 36.6. The number of aliphatic carboxylic acids is 1. The minimum Gasteiger partial charge on any atom is -0.478 e. The summed E-state index contributed by atoms with van der Waals surface area (Å²) in [5.74, 6) is -0.546. The first kappa shape index (κ1) is 47.5. The van der Waals surface area contributed by atoms with E-state index in [-0.39, 0.29) is 59.5 Å². The van der Waals surface area contributed by atoms with Gasteiger partial charge in [0.05, 0.1) is 0 Å². The van der Waals surface area contributed by atoms with E-state index in [1.807, 2.05) is 0 Å². The van der Waals surface area contributed by atoms with Gasteiger partial charge in [0.2, 0.25) is 0 Å². The van der Waals surface area contributed by atoms with Gasteiger partial charge in [0.1, 0.15) is 0 Å². The summed E-state index contributed by atoms with van der Waals surface area (Å²) in [4.78, 5) is 12.0. The fraction of sp³-hybridized carbons (Fsp3) is 0.912. The Bertz CT molecular complexity index is 1270. The Hall–Kier alpha value is 0.465. The molecule has 56 heavy (non-hydrogen) atoms. The average molecular weight is 930 g/mol. The van der Waals surface area contributed by atoms with Crippen molar-refractivity contribution in [1.29, 1.82) is 0 Å². The quantitative estimate of drug-likeness (QED) is 0.0972. The van der Waals surface area contributed by atoms with Crippen molar-refractivity contribution in [3.05, 3.63) is 12.2 Å². The van der Waals surface area contributed by atoms with Crippen LogP contribution in [-0.2, 0) is 54.2 Å². The summed E-state index contributed by atoms with van der Waals surface area (Å²) in [6.07, 6.45) is 0.553. The Morgan fingerprint density at radius 1 is 0.393 bits per heavy atom. The van der Waals surface area contributed by atoms with E-state index in [1.54, 1.807) is 0 Å². The molecule has 0 aliphatic carbocycles. The molecule has 0 spiro atoms. The van der Waals surface area contributed by atoms with Crippen LogP contribution in [0.5, 0.6) is 0 Å². The molecule has 8 bridgehead atoms. The number of carboxylic acid groups (broad SMARTS) is 1. The Balaban J connectivity index is 1.94. The van der Waals surface area contributed by atoms with Gasteiger partial charge in [0.15, 0.2) is 0 Å². The second-order valence-corrected chi connectivity index (χ2v) is 43.7. The zero-order chi connectivity index (χ0) is 41.8. The average Bonchev–Trinajstić information content (AvgIpc) is 2.89. The Kier molecular flexibility index (Phi) is 14.7. The monoisotopic (exact) mass is 928 g/mol. The molecule has 6 saturated heterocycles. The van der Waals surface area contributed by atoms with Crippen molar-refractivity contribution < 1.29 is 59.3 Å². The van der Waals surface area contributed by atoms with E-state index in [4.69, 9.17) is 49.4 Å².